The maximum atomic E-state index is 5.22. The molecule has 0 atom stereocenters. The van der Waals surface area contributed by atoms with Gasteiger partial charge < -0.3 is 4.43 Å². The Morgan fingerprint density at radius 3 is 2.33 bits per heavy atom. The van der Waals surface area contributed by atoms with E-state index in [1.807, 2.05) is 6.92 Å². The molecule has 0 N–H and O–H groups in total. The lowest BCUT2D eigenvalue weighted by Gasteiger charge is -1.99. The fourth-order valence-corrected chi connectivity index (χ4v) is 1.05. The van der Waals surface area contributed by atoms with Gasteiger partial charge in [-0.2, -0.15) is 0 Å². The molecule has 0 aromatic carbocycles. The highest BCUT2D eigenvalue weighted by molar-refractivity contribution is 6.34. The summed E-state index contributed by atoms with van der Waals surface area (Å²) in [6.45, 7) is 9.67. The minimum absolute atomic E-state index is 0.445. The number of hydrogen-bond acceptors (Lipinski definition) is 1. The predicted octanol–water partition coefficient (Wildman–Crippen LogP) is 1.54. The van der Waals surface area contributed by atoms with Crippen LogP contribution in [0.5, 0.6) is 0 Å². The van der Waals surface area contributed by atoms with E-state index < -0.39 is 9.76 Å². The Morgan fingerprint density at radius 1 is 1.44 bits per heavy atom. The van der Waals surface area contributed by atoms with E-state index in [-0.39, 0.29) is 0 Å². The van der Waals surface area contributed by atoms with Crippen LogP contribution < -0.4 is 0 Å². The van der Waals surface area contributed by atoms with Crippen LogP contribution in [0.2, 0.25) is 0 Å². The fraction of sp³-hybridized carbons (Fsp3) is 0.429. The van der Waals surface area contributed by atoms with Gasteiger partial charge in [0.1, 0.15) is 0 Å². The molecule has 0 aliphatic carbocycles. The zero-order valence-electron chi connectivity index (χ0n) is 6.40. The predicted molar refractivity (Wildman–Crippen MR) is 43.9 cm³/mol. The minimum Gasteiger partial charge on any atom is -0.549 e. The second-order valence-electron chi connectivity index (χ2n) is 2.29. The molecule has 0 bridgehead atoms. The van der Waals surface area contributed by atoms with Crippen LogP contribution in [0.1, 0.15) is 20.8 Å². The first-order chi connectivity index (χ1) is 4.13. The van der Waals surface area contributed by atoms with E-state index in [1.54, 1.807) is 0 Å². The summed E-state index contributed by atoms with van der Waals surface area (Å²) >= 11 is 0. The molecular formula is C7H14OSi. The molecule has 0 fully saturated rings. The molecule has 0 aliphatic heterocycles. The Bertz CT molecular complexity index is 123. The van der Waals surface area contributed by atoms with E-state index in [2.05, 4.69) is 26.1 Å². The third-order valence-corrected chi connectivity index (χ3v) is 2.46. The summed E-state index contributed by atoms with van der Waals surface area (Å²) in [7, 11) is -0.445. The van der Waals surface area contributed by atoms with E-state index in [4.69, 9.17) is 4.43 Å². The lowest BCUT2D eigenvalue weighted by molar-refractivity contribution is 0.465. The third-order valence-electron chi connectivity index (χ3n) is 0.821. The van der Waals surface area contributed by atoms with Gasteiger partial charge in [0, 0.05) is 0 Å². The SMILES string of the molecule is C=C(C)O[SiH2]C=C(C)C. The van der Waals surface area contributed by atoms with Crippen molar-refractivity contribution in [3.05, 3.63) is 23.6 Å². The molecule has 0 heterocycles. The lowest BCUT2D eigenvalue weighted by Crippen LogP contribution is -1.91. The van der Waals surface area contributed by atoms with E-state index in [0.29, 0.717) is 0 Å². The van der Waals surface area contributed by atoms with E-state index in [0.717, 1.165) is 5.76 Å². The second-order valence-corrected chi connectivity index (χ2v) is 3.32. The van der Waals surface area contributed by atoms with E-state index in [1.165, 1.54) is 5.57 Å². The molecule has 0 aliphatic rings. The topological polar surface area (TPSA) is 9.23 Å². The summed E-state index contributed by atoms with van der Waals surface area (Å²) in [6, 6.07) is 0. The van der Waals surface area contributed by atoms with Gasteiger partial charge in [-0.25, -0.2) is 0 Å². The van der Waals surface area contributed by atoms with Crippen molar-refractivity contribution in [1.29, 1.82) is 0 Å². The van der Waals surface area contributed by atoms with Gasteiger partial charge in [-0.1, -0.05) is 17.9 Å². The molecule has 1 nitrogen and oxygen atoms in total. The Labute approximate surface area is 59.4 Å². The lowest BCUT2D eigenvalue weighted by atomic mass is 10.4. The van der Waals surface area contributed by atoms with Crippen LogP contribution in [-0.2, 0) is 4.43 Å². The minimum atomic E-state index is -0.445. The van der Waals surface area contributed by atoms with Gasteiger partial charge in [0.15, 0.2) is 0 Å². The summed E-state index contributed by atoms with van der Waals surface area (Å²) < 4.78 is 5.22. The van der Waals surface area contributed by atoms with Crippen molar-refractivity contribution in [3.63, 3.8) is 0 Å². The zero-order chi connectivity index (χ0) is 7.28. The van der Waals surface area contributed by atoms with Crippen LogP contribution >= 0.6 is 0 Å². The number of allylic oxidation sites excluding steroid dienone is 2. The first kappa shape index (κ1) is 8.50. The van der Waals surface area contributed by atoms with Crippen molar-refractivity contribution >= 4 is 9.76 Å². The highest BCUT2D eigenvalue weighted by atomic mass is 28.2. The summed E-state index contributed by atoms with van der Waals surface area (Å²) in [5.41, 5.74) is 3.50. The van der Waals surface area contributed by atoms with Crippen LogP contribution in [0.25, 0.3) is 0 Å². The molecule has 9 heavy (non-hydrogen) atoms. The van der Waals surface area contributed by atoms with Crippen molar-refractivity contribution in [1.82, 2.24) is 0 Å². The van der Waals surface area contributed by atoms with Gasteiger partial charge in [-0.15, -0.1) is 0 Å². The first-order valence-electron chi connectivity index (χ1n) is 3.04. The Balaban J connectivity index is 3.31. The molecule has 0 aromatic rings. The fourth-order valence-electron chi connectivity index (χ4n) is 0.351. The van der Waals surface area contributed by atoms with Crippen LogP contribution in [0.3, 0.4) is 0 Å². The highest BCUT2D eigenvalue weighted by Gasteiger charge is 1.82. The van der Waals surface area contributed by atoms with Crippen molar-refractivity contribution in [2.45, 2.75) is 20.8 Å². The summed E-state index contributed by atoms with van der Waals surface area (Å²) in [6.07, 6.45) is 0. The van der Waals surface area contributed by atoms with Crippen molar-refractivity contribution in [2.75, 3.05) is 0 Å². The smallest absolute Gasteiger partial charge is 0.243 e. The van der Waals surface area contributed by atoms with Gasteiger partial charge in [0.25, 0.3) is 0 Å². The monoisotopic (exact) mass is 142 g/mol. The molecule has 0 radical (unpaired) electrons. The van der Waals surface area contributed by atoms with Crippen LogP contribution in [-0.4, -0.2) is 9.76 Å². The molecule has 52 valence electrons. The van der Waals surface area contributed by atoms with Gasteiger partial charge in [0.05, 0.1) is 5.76 Å². The van der Waals surface area contributed by atoms with Gasteiger partial charge >= 0.3 is 0 Å². The summed E-state index contributed by atoms with van der Waals surface area (Å²) in [5.74, 6) is 0.833. The average Bonchev–Trinajstić information content (AvgIpc) is 1.63. The maximum Gasteiger partial charge on any atom is 0.243 e. The van der Waals surface area contributed by atoms with Gasteiger partial charge in [-0.05, 0) is 20.8 Å². The highest BCUT2D eigenvalue weighted by Crippen LogP contribution is 1.90. The maximum absolute atomic E-state index is 5.22. The van der Waals surface area contributed by atoms with Gasteiger partial charge in [-0.3, -0.25) is 0 Å². The van der Waals surface area contributed by atoms with E-state index in [9.17, 15) is 0 Å². The van der Waals surface area contributed by atoms with Crippen LogP contribution in [0.15, 0.2) is 23.6 Å². The molecule has 0 aromatic heterocycles. The molecule has 0 saturated heterocycles. The van der Waals surface area contributed by atoms with Crippen LogP contribution in [0.4, 0.5) is 0 Å². The van der Waals surface area contributed by atoms with Crippen LogP contribution in [0, 0.1) is 0 Å². The number of rotatable bonds is 3. The quantitative estimate of drug-likeness (QED) is 0.429. The van der Waals surface area contributed by atoms with Crippen molar-refractivity contribution in [2.24, 2.45) is 0 Å². The van der Waals surface area contributed by atoms with Gasteiger partial charge in [0.2, 0.25) is 9.76 Å². The molecule has 2 heteroatoms. The largest absolute Gasteiger partial charge is 0.549 e. The molecule has 0 spiro atoms. The molecule has 0 rings (SSSR count). The molecule has 0 saturated carbocycles. The number of hydrogen-bond donors (Lipinski definition) is 0. The summed E-state index contributed by atoms with van der Waals surface area (Å²) in [4.78, 5) is 0. The van der Waals surface area contributed by atoms with Crippen molar-refractivity contribution in [3.8, 4) is 0 Å². The zero-order valence-corrected chi connectivity index (χ0v) is 7.81. The molecule has 0 amide bonds. The Morgan fingerprint density at radius 2 is 2.00 bits per heavy atom. The average molecular weight is 142 g/mol. The third kappa shape index (κ3) is 7.50. The molecular weight excluding hydrogens is 128 g/mol. The van der Waals surface area contributed by atoms with E-state index >= 15 is 0 Å². The molecule has 0 unspecified atom stereocenters. The first-order valence-corrected chi connectivity index (χ1v) is 4.44. The standard InChI is InChI=1S/C7H14OSi/c1-6(2)5-9-8-7(3)4/h5H,3,9H2,1-2,4H3. The Hall–Kier alpha value is -0.503. The van der Waals surface area contributed by atoms with Crippen molar-refractivity contribution < 1.29 is 4.43 Å². The Kier molecular flexibility index (Phi) is 4.14. The normalized spacial score (nSPS) is 9.67. The summed E-state index contributed by atoms with van der Waals surface area (Å²) in [5, 5.41) is 0. The second kappa shape index (κ2) is 4.38.